The third-order valence-corrected chi connectivity index (χ3v) is 4.55. The first-order valence-electron chi connectivity index (χ1n) is 8.18. The van der Waals surface area contributed by atoms with Crippen LogP contribution in [0.1, 0.15) is 43.9 Å². The molecule has 0 saturated heterocycles. The molecule has 0 aliphatic heterocycles. The van der Waals surface area contributed by atoms with E-state index < -0.39 is 0 Å². The summed E-state index contributed by atoms with van der Waals surface area (Å²) in [5.74, 6) is 0. The van der Waals surface area contributed by atoms with E-state index in [1.807, 2.05) is 0 Å². The summed E-state index contributed by atoms with van der Waals surface area (Å²) in [6, 6.07) is 13.1. The zero-order chi connectivity index (χ0) is 14.8. The van der Waals surface area contributed by atoms with Crippen molar-refractivity contribution in [1.29, 1.82) is 0 Å². The summed E-state index contributed by atoms with van der Waals surface area (Å²) in [7, 11) is 0. The summed E-state index contributed by atoms with van der Waals surface area (Å²) in [6.45, 7) is 6.53. The molecule has 0 aromatic heterocycles. The summed E-state index contributed by atoms with van der Waals surface area (Å²) in [4.78, 5) is 2.47. The zero-order valence-corrected chi connectivity index (χ0v) is 13.0. The Morgan fingerprint density at radius 1 is 1.05 bits per heavy atom. The van der Waals surface area contributed by atoms with E-state index in [4.69, 9.17) is 0 Å². The monoisotopic (exact) mass is 283 g/mol. The van der Waals surface area contributed by atoms with Crippen molar-refractivity contribution >= 4 is 10.8 Å². The fraction of sp³-hybridized carbons (Fsp3) is 0.474. The Morgan fingerprint density at radius 2 is 1.71 bits per heavy atom. The molecule has 0 bridgehead atoms. The lowest BCUT2D eigenvalue weighted by Gasteiger charge is -2.38. The topological polar surface area (TPSA) is 23.5 Å². The molecule has 0 heterocycles. The molecule has 3 rings (SSSR count). The summed E-state index contributed by atoms with van der Waals surface area (Å²) in [5.41, 5.74) is 2.60. The Balaban J connectivity index is 2.11. The van der Waals surface area contributed by atoms with Gasteiger partial charge in [-0.05, 0) is 47.8 Å². The fourth-order valence-electron chi connectivity index (χ4n) is 3.81. The molecule has 2 unspecified atom stereocenters. The quantitative estimate of drug-likeness (QED) is 0.899. The second-order valence-corrected chi connectivity index (χ2v) is 6.11. The van der Waals surface area contributed by atoms with Gasteiger partial charge >= 0.3 is 0 Å². The van der Waals surface area contributed by atoms with Crippen molar-refractivity contribution in [3.63, 3.8) is 0 Å². The number of nitrogens with zero attached hydrogens (tertiary/aromatic N) is 1. The van der Waals surface area contributed by atoms with Crippen LogP contribution in [-0.2, 0) is 6.42 Å². The van der Waals surface area contributed by atoms with Gasteiger partial charge in [-0.1, -0.05) is 50.2 Å². The van der Waals surface area contributed by atoms with E-state index in [0.29, 0.717) is 0 Å². The van der Waals surface area contributed by atoms with Gasteiger partial charge in [-0.2, -0.15) is 0 Å². The van der Waals surface area contributed by atoms with Gasteiger partial charge in [0.2, 0.25) is 0 Å². The number of rotatable bonds is 5. The van der Waals surface area contributed by atoms with Gasteiger partial charge in [0.05, 0.1) is 12.1 Å². The highest BCUT2D eigenvalue weighted by molar-refractivity contribution is 5.90. The Bertz CT molecular complexity index is 611. The van der Waals surface area contributed by atoms with Gasteiger partial charge in [0, 0.05) is 6.42 Å². The molecule has 2 nitrogen and oxygen atoms in total. The molecule has 0 saturated carbocycles. The average molecular weight is 283 g/mol. The number of hydrogen-bond donors (Lipinski definition) is 1. The first-order chi connectivity index (χ1) is 10.3. The highest BCUT2D eigenvalue weighted by Crippen LogP contribution is 2.38. The maximum absolute atomic E-state index is 10.7. The van der Waals surface area contributed by atoms with Crippen molar-refractivity contribution < 1.29 is 5.11 Å². The van der Waals surface area contributed by atoms with Gasteiger partial charge in [0.15, 0.2) is 0 Å². The lowest BCUT2D eigenvalue weighted by atomic mass is 9.82. The third-order valence-electron chi connectivity index (χ3n) is 4.55. The van der Waals surface area contributed by atoms with Crippen molar-refractivity contribution in [2.75, 3.05) is 13.1 Å². The third kappa shape index (κ3) is 2.58. The maximum atomic E-state index is 10.7. The van der Waals surface area contributed by atoms with E-state index in [1.54, 1.807) is 0 Å². The van der Waals surface area contributed by atoms with E-state index in [9.17, 15) is 5.11 Å². The van der Waals surface area contributed by atoms with Crippen molar-refractivity contribution in [2.24, 2.45) is 0 Å². The van der Waals surface area contributed by atoms with Crippen molar-refractivity contribution in [3.8, 4) is 0 Å². The van der Waals surface area contributed by atoms with E-state index in [-0.39, 0.29) is 12.1 Å². The van der Waals surface area contributed by atoms with Crippen LogP contribution in [0.4, 0.5) is 0 Å². The first-order valence-corrected chi connectivity index (χ1v) is 8.18. The van der Waals surface area contributed by atoms with Crippen LogP contribution in [0.15, 0.2) is 36.4 Å². The fourth-order valence-corrected chi connectivity index (χ4v) is 3.81. The molecule has 2 atom stereocenters. The molecule has 2 heteroatoms. The predicted octanol–water partition coefficient (Wildman–Crippen LogP) is 3.92. The average Bonchev–Trinajstić information content (AvgIpc) is 2.48. The van der Waals surface area contributed by atoms with Crippen LogP contribution >= 0.6 is 0 Å². The van der Waals surface area contributed by atoms with E-state index in [1.165, 1.54) is 21.9 Å². The van der Waals surface area contributed by atoms with E-state index >= 15 is 0 Å². The first kappa shape index (κ1) is 14.6. The Morgan fingerprint density at radius 3 is 2.38 bits per heavy atom. The summed E-state index contributed by atoms with van der Waals surface area (Å²) >= 11 is 0. The molecular weight excluding hydrogens is 258 g/mol. The van der Waals surface area contributed by atoms with Crippen LogP contribution in [-0.4, -0.2) is 29.2 Å². The number of benzene rings is 2. The largest absolute Gasteiger partial charge is 0.391 e. The second-order valence-electron chi connectivity index (χ2n) is 6.11. The predicted molar refractivity (Wildman–Crippen MR) is 88.6 cm³/mol. The molecule has 1 N–H and O–H groups in total. The van der Waals surface area contributed by atoms with Gasteiger partial charge in [0.1, 0.15) is 0 Å². The van der Waals surface area contributed by atoms with E-state index in [0.717, 1.165) is 32.4 Å². The highest BCUT2D eigenvalue weighted by Gasteiger charge is 2.32. The summed E-state index contributed by atoms with van der Waals surface area (Å²) < 4.78 is 0. The molecule has 2 aromatic rings. The van der Waals surface area contributed by atoms with Crippen LogP contribution in [0.25, 0.3) is 10.8 Å². The lowest BCUT2D eigenvalue weighted by molar-refractivity contribution is 0.0460. The Labute approximate surface area is 127 Å². The summed E-state index contributed by atoms with van der Waals surface area (Å²) in [5, 5.41) is 13.4. The molecule has 1 aliphatic rings. The minimum absolute atomic E-state index is 0.142. The molecule has 0 spiro atoms. The minimum Gasteiger partial charge on any atom is -0.391 e. The van der Waals surface area contributed by atoms with Crippen LogP contribution in [0.5, 0.6) is 0 Å². The van der Waals surface area contributed by atoms with Gasteiger partial charge in [-0.3, -0.25) is 4.90 Å². The van der Waals surface area contributed by atoms with Gasteiger partial charge in [-0.25, -0.2) is 0 Å². The Kier molecular flexibility index (Phi) is 4.27. The number of hydrogen-bond acceptors (Lipinski definition) is 2. The molecule has 112 valence electrons. The highest BCUT2D eigenvalue weighted by atomic mass is 16.3. The normalized spacial score (nSPS) is 21.1. The summed E-state index contributed by atoms with van der Waals surface area (Å²) in [6.07, 6.45) is 2.72. The van der Waals surface area contributed by atoms with Crippen LogP contribution in [0.3, 0.4) is 0 Å². The molecule has 0 radical (unpaired) electrons. The van der Waals surface area contributed by atoms with Gasteiger partial charge in [-0.15, -0.1) is 0 Å². The number of aliphatic hydroxyl groups excluding tert-OH is 1. The van der Waals surface area contributed by atoms with Gasteiger partial charge in [0.25, 0.3) is 0 Å². The maximum Gasteiger partial charge on any atom is 0.0777 e. The van der Waals surface area contributed by atoms with Crippen molar-refractivity contribution in [3.05, 3.63) is 47.5 Å². The van der Waals surface area contributed by atoms with Crippen LogP contribution in [0, 0.1) is 0 Å². The smallest absolute Gasteiger partial charge is 0.0777 e. The van der Waals surface area contributed by atoms with Crippen LogP contribution in [0.2, 0.25) is 0 Å². The zero-order valence-electron chi connectivity index (χ0n) is 13.0. The standard InChI is InChI=1S/C19H25NO/c1-3-11-20(12-4-2)19-16-10-6-8-14-7-5-9-15(18(14)16)13-17(19)21/h5-10,17,19,21H,3-4,11-13H2,1-2H3. The van der Waals surface area contributed by atoms with Crippen LogP contribution < -0.4 is 0 Å². The molecule has 21 heavy (non-hydrogen) atoms. The molecule has 0 amide bonds. The molecule has 2 aromatic carbocycles. The lowest BCUT2D eigenvalue weighted by Crippen LogP contribution is -2.40. The van der Waals surface area contributed by atoms with Gasteiger partial charge < -0.3 is 5.11 Å². The van der Waals surface area contributed by atoms with Crippen molar-refractivity contribution in [2.45, 2.75) is 45.3 Å². The number of aliphatic hydroxyl groups is 1. The molecule has 1 aliphatic carbocycles. The SMILES string of the molecule is CCCN(CCC)C1c2cccc3cccc(c23)CC1O. The van der Waals surface area contributed by atoms with E-state index in [2.05, 4.69) is 55.1 Å². The second kappa shape index (κ2) is 6.17. The minimum atomic E-state index is -0.302. The van der Waals surface area contributed by atoms with Crippen molar-refractivity contribution in [1.82, 2.24) is 4.90 Å². The Hall–Kier alpha value is -1.38. The molecule has 0 fully saturated rings. The molecular formula is C19H25NO.